The van der Waals surface area contributed by atoms with E-state index in [9.17, 15) is 9.59 Å². The molecule has 0 aliphatic rings. The number of carboxylic acid groups (broad SMARTS) is 2. The van der Waals surface area contributed by atoms with E-state index in [1.54, 1.807) is 0 Å². The number of nitrogens with zero attached hydrogens (tertiary/aromatic N) is 2. The Morgan fingerprint density at radius 2 is 1.77 bits per heavy atom. The minimum Gasteiger partial charge on any atom is -0.478 e. The molecule has 0 radical (unpaired) electrons. The van der Waals surface area contributed by atoms with Gasteiger partial charge in [0.1, 0.15) is 6.26 Å². The molecule has 0 amide bonds. The third kappa shape index (κ3) is 9.82. The highest BCUT2D eigenvalue weighted by Crippen LogP contribution is 1.70. The van der Waals surface area contributed by atoms with Gasteiger partial charge in [0.25, 0.3) is 0 Å². The molecule has 1 aromatic rings. The van der Waals surface area contributed by atoms with Crippen LogP contribution in [0.25, 0.3) is 0 Å². The number of hydrogen-bond acceptors (Lipinski definition) is 5. The molecule has 1 heterocycles. The van der Waals surface area contributed by atoms with Crippen molar-refractivity contribution < 1.29 is 24.3 Å². The molecule has 70 valence electrons. The molecule has 0 aliphatic heterocycles. The minimum absolute atomic E-state index is 0.558. The van der Waals surface area contributed by atoms with E-state index in [-0.39, 0.29) is 0 Å². The van der Waals surface area contributed by atoms with E-state index in [1.807, 2.05) is 0 Å². The summed E-state index contributed by atoms with van der Waals surface area (Å²) in [6.07, 6.45) is 3.99. The molecule has 0 fully saturated rings. The standard InChI is InChI=1S/C4H4O4.C2H2N2O/c5-3(6)1-2-4(7)8;1-2-5-4-3-1/h1-2H,(H,5,6)(H,7,8);1-2H. The van der Waals surface area contributed by atoms with Gasteiger partial charge in [-0.2, -0.15) is 0 Å². The summed E-state index contributed by atoms with van der Waals surface area (Å²) in [6, 6.07) is 0. The zero-order chi connectivity index (χ0) is 10.1. The molecule has 7 nitrogen and oxygen atoms in total. The monoisotopic (exact) mass is 186 g/mol. The molecule has 0 atom stereocenters. The van der Waals surface area contributed by atoms with E-state index in [0.717, 1.165) is 0 Å². The second-order valence-electron chi connectivity index (χ2n) is 1.60. The highest BCUT2D eigenvalue weighted by Gasteiger charge is 1.88. The topological polar surface area (TPSA) is 114 Å². The van der Waals surface area contributed by atoms with Crippen LogP contribution in [0.15, 0.2) is 29.1 Å². The largest absolute Gasteiger partial charge is 0.478 e. The van der Waals surface area contributed by atoms with Crippen LogP contribution in [0.2, 0.25) is 0 Å². The Hall–Kier alpha value is -2.18. The summed E-state index contributed by atoms with van der Waals surface area (Å²) in [6.45, 7) is 0. The van der Waals surface area contributed by atoms with Gasteiger partial charge in [0.15, 0.2) is 0 Å². The van der Waals surface area contributed by atoms with Crippen molar-refractivity contribution in [3.8, 4) is 0 Å². The first kappa shape index (κ1) is 10.8. The first-order chi connectivity index (χ1) is 6.13. The zero-order valence-corrected chi connectivity index (χ0v) is 6.32. The van der Waals surface area contributed by atoms with Crippen molar-refractivity contribution in [3.05, 3.63) is 24.6 Å². The van der Waals surface area contributed by atoms with E-state index in [4.69, 9.17) is 10.2 Å². The summed E-state index contributed by atoms with van der Waals surface area (Å²) in [5.41, 5.74) is 0. The number of hydrogen-bond donors (Lipinski definition) is 2. The van der Waals surface area contributed by atoms with Gasteiger partial charge in [-0.1, -0.05) is 0 Å². The average molecular weight is 186 g/mol. The van der Waals surface area contributed by atoms with Crippen LogP contribution >= 0.6 is 0 Å². The summed E-state index contributed by atoms with van der Waals surface area (Å²) >= 11 is 0. The molecule has 0 saturated carbocycles. The summed E-state index contributed by atoms with van der Waals surface area (Å²) < 4.78 is 4.22. The predicted octanol–water partition coefficient (Wildman–Crippen LogP) is -0.219. The first-order valence-electron chi connectivity index (χ1n) is 2.98. The number of carbonyl (C=O) groups is 2. The second kappa shape index (κ2) is 6.53. The molecular formula is C6H6N2O5. The van der Waals surface area contributed by atoms with E-state index in [2.05, 4.69) is 14.9 Å². The fraction of sp³-hybridized carbons (Fsp3) is 0. The van der Waals surface area contributed by atoms with Crippen molar-refractivity contribution >= 4 is 11.9 Å². The van der Waals surface area contributed by atoms with Crippen molar-refractivity contribution in [2.24, 2.45) is 0 Å². The molecule has 1 rings (SSSR count). The lowest BCUT2D eigenvalue weighted by atomic mass is 10.5. The van der Waals surface area contributed by atoms with Gasteiger partial charge in [0, 0.05) is 17.4 Å². The van der Waals surface area contributed by atoms with Crippen molar-refractivity contribution in [1.82, 2.24) is 10.4 Å². The van der Waals surface area contributed by atoms with Crippen LogP contribution in [-0.4, -0.2) is 32.5 Å². The molecule has 1 aromatic heterocycles. The summed E-state index contributed by atoms with van der Waals surface area (Å²) in [7, 11) is 0. The maximum Gasteiger partial charge on any atom is 0.328 e. The van der Waals surface area contributed by atoms with E-state index in [0.29, 0.717) is 12.2 Å². The van der Waals surface area contributed by atoms with E-state index in [1.165, 1.54) is 12.5 Å². The molecule has 0 aliphatic carbocycles. The molecule has 13 heavy (non-hydrogen) atoms. The third-order valence-electron chi connectivity index (χ3n) is 0.651. The molecular weight excluding hydrogens is 180 g/mol. The van der Waals surface area contributed by atoms with Crippen LogP contribution in [0.3, 0.4) is 0 Å². The molecule has 0 aromatic carbocycles. The smallest absolute Gasteiger partial charge is 0.328 e. The maximum atomic E-state index is 9.55. The van der Waals surface area contributed by atoms with Crippen LogP contribution in [0.4, 0.5) is 0 Å². The Morgan fingerprint density at radius 1 is 1.23 bits per heavy atom. The second-order valence-corrected chi connectivity index (χ2v) is 1.60. The molecule has 7 heteroatoms. The van der Waals surface area contributed by atoms with Crippen LogP contribution in [0.5, 0.6) is 0 Å². The quantitative estimate of drug-likeness (QED) is 0.613. The third-order valence-corrected chi connectivity index (χ3v) is 0.651. The van der Waals surface area contributed by atoms with Gasteiger partial charge in [-0.05, 0) is 0 Å². The summed E-state index contributed by atoms with van der Waals surface area (Å²) in [4.78, 5) is 19.1. The van der Waals surface area contributed by atoms with E-state index < -0.39 is 11.9 Å². The van der Waals surface area contributed by atoms with Gasteiger partial charge in [0.2, 0.25) is 0 Å². The van der Waals surface area contributed by atoms with Crippen molar-refractivity contribution in [2.45, 2.75) is 0 Å². The molecule has 2 N–H and O–H groups in total. The number of rotatable bonds is 2. The number of aliphatic carboxylic acids is 2. The van der Waals surface area contributed by atoms with E-state index >= 15 is 0 Å². The van der Waals surface area contributed by atoms with Gasteiger partial charge < -0.3 is 14.7 Å². The first-order valence-corrected chi connectivity index (χ1v) is 2.98. The fourth-order valence-electron chi connectivity index (χ4n) is 0.279. The lowest BCUT2D eigenvalue weighted by Gasteiger charge is -1.74. The Balaban J connectivity index is 0.000000243. The fourth-order valence-corrected chi connectivity index (χ4v) is 0.279. The van der Waals surface area contributed by atoms with Crippen molar-refractivity contribution in [1.29, 1.82) is 0 Å². The highest BCUT2D eigenvalue weighted by atomic mass is 16.5. The Bertz CT molecular complexity index is 246. The van der Waals surface area contributed by atoms with Gasteiger partial charge in [-0.15, -0.1) is 5.10 Å². The Morgan fingerprint density at radius 3 is 1.92 bits per heavy atom. The van der Waals surface area contributed by atoms with Gasteiger partial charge >= 0.3 is 11.9 Å². The lowest BCUT2D eigenvalue weighted by molar-refractivity contribution is -0.134. The van der Waals surface area contributed by atoms with Gasteiger partial charge in [-0.25, -0.2) is 9.59 Å². The summed E-state index contributed by atoms with van der Waals surface area (Å²) in [5, 5.41) is 22.0. The summed E-state index contributed by atoms with van der Waals surface area (Å²) in [5.74, 6) is -2.51. The van der Waals surface area contributed by atoms with Crippen molar-refractivity contribution in [2.75, 3.05) is 0 Å². The van der Waals surface area contributed by atoms with Crippen LogP contribution < -0.4 is 0 Å². The van der Waals surface area contributed by atoms with Crippen LogP contribution in [0.1, 0.15) is 0 Å². The predicted molar refractivity (Wildman–Crippen MR) is 38.7 cm³/mol. The number of aromatic nitrogens is 2. The molecule has 0 saturated heterocycles. The molecule has 0 bridgehead atoms. The Kier molecular flexibility index (Phi) is 5.43. The molecule has 0 spiro atoms. The van der Waals surface area contributed by atoms with Crippen LogP contribution in [0, 0.1) is 0 Å². The van der Waals surface area contributed by atoms with Gasteiger partial charge in [-0.3, -0.25) is 0 Å². The SMILES string of the molecule is O=C(O)C=CC(=O)O.c1conn1. The van der Waals surface area contributed by atoms with Crippen LogP contribution in [-0.2, 0) is 9.59 Å². The van der Waals surface area contributed by atoms with Crippen molar-refractivity contribution in [3.63, 3.8) is 0 Å². The van der Waals surface area contributed by atoms with Gasteiger partial charge in [0.05, 0.1) is 6.20 Å². The minimum atomic E-state index is -1.26. The number of carboxylic acids is 2. The Labute approximate surface area is 72.3 Å². The average Bonchev–Trinajstić information content (AvgIpc) is 2.57. The lowest BCUT2D eigenvalue weighted by Crippen LogP contribution is -1.91. The normalized spacial score (nSPS) is 8.92. The molecule has 0 unspecified atom stereocenters. The zero-order valence-electron chi connectivity index (χ0n) is 6.32. The highest BCUT2D eigenvalue weighted by molar-refractivity contribution is 5.89. The maximum absolute atomic E-state index is 9.55.